The van der Waals surface area contributed by atoms with Crippen molar-refractivity contribution in [3.63, 3.8) is 0 Å². The van der Waals surface area contributed by atoms with Crippen molar-refractivity contribution in [2.24, 2.45) is 10.9 Å². The third-order valence-corrected chi connectivity index (χ3v) is 5.50. The number of para-hydroxylation sites is 1. The summed E-state index contributed by atoms with van der Waals surface area (Å²) < 4.78 is 6.02. The molecule has 1 heterocycles. The van der Waals surface area contributed by atoms with Crippen LogP contribution in [-0.4, -0.2) is 49.2 Å². The number of piperidine rings is 1. The van der Waals surface area contributed by atoms with Gasteiger partial charge in [0.15, 0.2) is 5.96 Å². The third kappa shape index (κ3) is 7.43. The van der Waals surface area contributed by atoms with Gasteiger partial charge < -0.3 is 20.3 Å². The molecule has 2 aliphatic rings. The topological polar surface area (TPSA) is 48.9 Å². The molecule has 1 saturated carbocycles. The van der Waals surface area contributed by atoms with Crippen LogP contribution in [-0.2, 0) is 6.54 Å². The number of benzene rings is 1. The van der Waals surface area contributed by atoms with E-state index in [1.54, 1.807) is 0 Å². The zero-order valence-corrected chi connectivity index (χ0v) is 19.9. The maximum absolute atomic E-state index is 6.02. The summed E-state index contributed by atoms with van der Waals surface area (Å²) in [6.45, 7) is 11.3. The lowest BCUT2D eigenvalue weighted by Crippen LogP contribution is -2.49. The fraction of sp³-hybridized carbons (Fsp3) is 0.682. The zero-order valence-electron chi connectivity index (χ0n) is 17.6. The highest BCUT2D eigenvalue weighted by Crippen LogP contribution is 2.30. The molecule has 0 radical (unpaired) electrons. The molecule has 2 fully saturated rings. The molecule has 0 aromatic heterocycles. The molecule has 1 aromatic rings. The van der Waals surface area contributed by atoms with Crippen LogP contribution in [0.25, 0.3) is 0 Å². The van der Waals surface area contributed by atoms with E-state index >= 15 is 0 Å². The Hall–Kier alpha value is -1.02. The average Bonchev–Trinajstić information content (AvgIpc) is 3.50. The molecule has 158 valence electrons. The minimum absolute atomic E-state index is 0. The number of guanidine groups is 1. The highest BCUT2D eigenvalue weighted by Gasteiger charge is 2.23. The molecule has 2 N–H and O–H groups in total. The van der Waals surface area contributed by atoms with Crippen LogP contribution in [0.15, 0.2) is 29.3 Å². The molecular formula is C22H37IN4O. The van der Waals surface area contributed by atoms with E-state index in [0.717, 1.165) is 49.4 Å². The van der Waals surface area contributed by atoms with E-state index < -0.39 is 0 Å². The summed E-state index contributed by atoms with van der Waals surface area (Å²) in [4.78, 5) is 7.39. The molecule has 0 unspecified atom stereocenters. The van der Waals surface area contributed by atoms with Crippen molar-refractivity contribution >= 4 is 29.9 Å². The number of halogens is 1. The normalized spacial score (nSPS) is 18.6. The number of aliphatic imine (C=N–C) groups is 1. The zero-order chi connectivity index (χ0) is 19.1. The molecule has 3 rings (SSSR count). The molecule has 0 spiro atoms. The van der Waals surface area contributed by atoms with E-state index in [9.17, 15) is 0 Å². The number of likely N-dealkylation sites (tertiary alicyclic amines) is 1. The molecule has 1 aromatic carbocycles. The predicted octanol–water partition coefficient (Wildman–Crippen LogP) is 4.02. The second-order valence-electron chi connectivity index (χ2n) is 8.11. The summed E-state index contributed by atoms with van der Waals surface area (Å²) in [6.07, 6.45) is 4.96. The number of rotatable bonds is 8. The van der Waals surface area contributed by atoms with Gasteiger partial charge in [0.25, 0.3) is 0 Å². The third-order valence-electron chi connectivity index (χ3n) is 5.50. The molecular weight excluding hydrogens is 463 g/mol. The first kappa shape index (κ1) is 23.3. The SMILES string of the molecule is CCNC(=NCc1ccccc1OCC1CC1)NC1CCN(C(C)C)CC1.I. The van der Waals surface area contributed by atoms with Gasteiger partial charge in [0, 0.05) is 37.3 Å². The first-order chi connectivity index (χ1) is 13.2. The van der Waals surface area contributed by atoms with Gasteiger partial charge in [-0.2, -0.15) is 0 Å². The molecule has 1 aliphatic carbocycles. The van der Waals surface area contributed by atoms with E-state index in [2.05, 4.69) is 54.5 Å². The molecule has 5 nitrogen and oxygen atoms in total. The molecule has 6 heteroatoms. The quantitative estimate of drug-likeness (QED) is 0.322. The Balaban J connectivity index is 0.00000280. The van der Waals surface area contributed by atoms with E-state index in [0.29, 0.717) is 18.6 Å². The van der Waals surface area contributed by atoms with Gasteiger partial charge in [0.1, 0.15) is 5.75 Å². The standard InChI is InChI=1S/C22H36N4O.HI/c1-4-23-22(25-20-11-13-26(14-12-20)17(2)3)24-15-19-7-5-6-8-21(19)27-16-18-9-10-18;/h5-8,17-18,20H,4,9-16H2,1-3H3,(H2,23,24,25);1H. The van der Waals surface area contributed by atoms with E-state index in [1.807, 2.05) is 6.07 Å². The van der Waals surface area contributed by atoms with Crippen LogP contribution >= 0.6 is 24.0 Å². The first-order valence-electron chi connectivity index (χ1n) is 10.6. The van der Waals surface area contributed by atoms with Gasteiger partial charge in [-0.1, -0.05) is 18.2 Å². The predicted molar refractivity (Wildman–Crippen MR) is 128 cm³/mol. The van der Waals surface area contributed by atoms with Crippen molar-refractivity contribution in [3.8, 4) is 5.75 Å². The van der Waals surface area contributed by atoms with Crippen molar-refractivity contribution < 1.29 is 4.74 Å². The maximum atomic E-state index is 6.02. The van der Waals surface area contributed by atoms with Gasteiger partial charge in [-0.3, -0.25) is 0 Å². The summed E-state index contributed by atoms with van der Waals surface area (Å²) in [5.74, 6) is 2.66. The second kappa shape index (κ2) is 11.9. The van der Waals surface area contributed by atoms with E-state index in [4.69, 9.17) is 9.73 Å². The monoisotopic (exact) mass is 500 g/mol. The van der Waals surface area contributed by atoms with Gasteiger partial charge in [0.2, 0.25) is 0 Å². The minimum Gasteiger partial charge on any atom is -0.493 e. The van der Waals surface area contributed by atoms with E-state index in [1.165, 1.54) is 25.7 Å². The van der Waals surface area contributed by atoms with Gasteiger partial charge in [-0.05, 0) is 58.4 Å². The molecule has 0 bridgehead atoms. The molecule has 1 saturated heterocycles. The Bertz CT molecular complexity index is 610. The van der Waals surface area contributed by atoms with Gasteiger partial charge in [0.05, 0.1) is 13.2 Å². The van der Waals surface area contributed by atoms with Gasteiger partial charge >= 0.3 is 0 Å². The Morgan fingerprint density at radius 3 is 2.54 bits per heavy atom. The molecule has 0 atom stereocenters. The molecule has 1 aliphatic heterocycles. The smallest absolute Gasteiger partial charge is 0.191 e. The average molecular weight is 500 g/mol. The summed E-state index contributed by atoms with van der Waals surface area (Å²) in [7, 11) is 0. The molecule has 28 heavy (non-hydrogen) atoms. The van der Waals surface area contributed by atoms with Crippen LogP contribution in [0, 0.1) is 5.92 Å². The lowest BCUT2D eigenvalue weighted by atomic mass is 10.0. The number of hydrogen-bond acceptors (Lipinski definition) is 3. The summed E-state index contributed by atoms with van der Waals surface area (Å²) in [6, 6.07) is 9.43. The number of ether oxygens (including phenoxy) is 1. The van der Waals surface area contributed by atoms with Crippen LogP contribution in [0.3, 0.4) is 0 Å². The fourth-order valence-corrected chi connectivity index (χ4v) is 3.51. The maximum Gasteiger partial charge on any atom is 0.191 e. The lowest BCUT2D eigenvalue weighted by molar-refractivity contribution is 0.167. The highest BCUT2D eigenvalue weighted by molar-refractivity contribution is 14.0. The summed E-state index contributed by atoms with van der Waals surface area (Å²) >= 11 is 0. The van der Waals surface area contributed by atoms with Crippen LogP contribution in [0.2, 0.25) is 0 Å². The van der Waals surface area contributed by atoms with Gasteiger partial charge in [-0.15, -0.1) is 24.0 Å². The van der Waals surface area contributed by atoms with Crippen LogP contribution in [0.5, 0.6) is 5.75 Å². The number of nitrogens with zero attached hydrogens (tertiary/aromatic N) is 2. The Morgan fingerprint density at radius 2 is 1.89 bits per heavy atom. The Kier molecular flexibility index (Phi) is 9.85. The van der Waals surface area contributed by atoms with Crippen molar-refractivity contribution in [3.05, 3.63) is 29.8 Å². The molecule has 0 amide bonds. The summed E-state index contributed by atoms with van der Waals surface area (Å²) in [5, 5.41) is 7.04. The Labute approximate surface area is 187 Å². The van der Waals surface area contributed by atoms with Crippen molar-refractivity contribution in [2.75, 3.05) is 26.2 Å². The number of hydrogen-bond donors (Lipinski definition) is 2. The first-order valence-corrected chi connectivity index (χ1v) is 10.6. The fourth-order valence-electron chi connectivity index (χ4n) is 3.51. The second-order valence-corrected chi connectivity index (χ2v) is 8.11. The van der Waals surface area contributed by atoms with Crippen LogP contribution in [0.1, 0.15) is 52.0 Å². The summed E-state index contributed by atoms with van der Waals surface area (Å²) in [5.41, 5.74) is 1.16. The van der Waals surface area contributed by atoms with Gasteiger partial charge in [-0.25, -0.2) is 4.99 Å². The van der Waals surface area contributed by atoms with Crippen molar-refractivity contribution in [2.45, 2.75) is 65.1 Å². The highest BCUT2D eigenvalue weighted by atomic mass is 127. The Morgan fingerprint density at radius 1 is 1.18 bits per heavy atom. The van der Waals surface area contributed by atoms with Crippen LogP contribution in [0.4, 0.5) is 0 Å². The lowest BCUT2D eigenvalue weighted by Gasteiger charge is -2.35. The van der Waals surface area contributed by atoms with Crippen molar-refractivity contribution in [1.82, 2.24) is 15.5 Å². The van der Waals surface area contributed by atoms with Crippen molar-refractivity contribution in [1.29, 1.82) is 0 Å². The largest absolute Gasteiger partial charge is 0.493 e. The number of nitrogens with one attached hydrogen (secondary N) is 2. The van der Waals surface area contributed by atoms with E-state index in [-0.39, 0.29) is 24.0 Å². The minimum atomic E-state index is 0. The van der Waals surface area contributed by atoms with Crippen LogP contribution < -0.4 is 15.4 Å².